The smallest absolute Gasteiger partial charge is 0.307 e. The van der Waals surface area contributed by atoms with Crippen molar-refractivity contribution in [3.8, 4) is 0 Å². The molecule has 3 atom stereocenters. The van der Waals surface area contributed by atoms with E-state index in [1.54, 1.807) is 23.3 Å². The lowest BCUT2D eigenvalue weighted by Gasteiger charge is -2.23. The van der Waals surface area contributed by atoms with E-state index < -0.39 is 11.9 Å². The second-order valence-electron chi connectivity index (χ2n) is 5.85. The molecule has 1 N–H and O–H groups in total. The van der Waals surface area contributed by atoms with E-state index in [0.717, 1.165) is 0 Å². The third-order valence-electron chi connectivity index (χ3n) is 4.16. The zero-order chi connectivity index (χ0) is 14.9. The molecule has 20 heavy (non-hydrogen) atoms. The van der Waals surface area contributed by atoms with Gasteiger partial charge in [0.15, 0.2) is 0 Å². The Bertz CT molecular complexity index is 511. The van der Waals surface area contributed by atoms with E-state index in [-0.39, 0.29) is 11.8 Å². The Morgan fingerprint density at radius 3 is 2.60 bits per heavy atom. The standard InChI is InChI=1S/C15H21NO3S/c1-9-6-11(12(7-9)15(18)19)14(17)16(3)8-13-10(2)4-5-20-13/h4-5,9,11-12H,6-8H2,1-3H3,(H,18,19)/t9?,11-,12+/m0/s1. The number of hydrogen-bond acceptors (Lipinski definition) is 3. The number of carbonyl (C=O) groups is 2. The molecule has 1 amide bonds. The summed E-state index contributed by atoms with van der Waals surface area (Å²) in [5.74, 6) is -1.46. The van der Waals surface area contributed by atoms with Crippen molar-refractivity contribution in [1.82, 2.24) is 4.90 Å². The van der Waals surface area contributed by atoms with Gasteiger partial charge in [0, 0.05) is 11.9 Å². The minimum atomic E-state index is -0.839. The second-order valence-corrected chi connectivity index (χ2v) is 6.85. The third kappa shape index (κ3) is 3.03. The summed E-state index contributed by atoms with van der Waals surface area (Å²) in [5.41, 5.74) is 1.18. The van der Waals surface area contributed by atoms with Crippen molar-refractivity contribution >= 4 is 23.2 Å². The molecule has 0 aliphatic heterocycles. The van der Waals surface area contributed by atoms with Crippen LogP contribution in [-0.2, 0) is 16.1 Å². The zero-order valence-electron chi connectivity index (χ0n) is 12.1. The fourth-order valence-electron chi connectivity index (χ4n) is 2.98. The molecule has 1 aromatic heterocycles. The van der Waals surface area contributed by atoms with Crippen LogP contribution in [0.2, 0.25) is 0 Å². The fraction of sp³-hybridized carbons (Fsp3) is 0.600. The molecule has 1 saturated carbocycles. The first-order chi connectivity index (χ1) is 9.40. The molecule has 1 fully saturated rings. The Morgan fingerprint density at radius 2 is 2.05 bits per heavy atom. The van der Waals surface area contributed by atoms with Crippen LogP contribution in [0.3, 0.4) is 0 Å². The first-order valence-corrected chi connectivity index (χ1v) is 7.78. The van der Waals surface area contributed by atoms with Gasteiger partial charge in [-0.1, -0.05) is 6.92 Å². The molecule has 1 aliphatic rings. The van der Waals surface area contributed by atoms with Crippen LogP contribution in [0, 0.1) is 24.7 Å². The van der Waals surface area contributed by atoms with Crippen LogP contribution in [0.1, 0.15) is 30.2 Å². The Balaban J connectivity index is 2.06. The molecule has 0 saturated heterocycles. The van der Waals surface area contributed by atoms with Crippen LogP contribution in [0.4, 0.5) is 0 Å². The number of carboxylic acids is 1. The Labute approximate surface area is 123 Å². The molecule has 110 valence electrons. The van der Waals surface area contributed by atoms with Crippen LogP contribution in [-0.4, -0.2) is 28.9 Å². The Hall–Kier alpha value is -1.36. The molecule has 1 aliphatic carbocycles. The highest BCUT2D eigenvalue weighted by molar-refractivity contribution is 7.10. The summed E-state index contributed by atoms with van der Waals surface area (Å²) in [6.07, 6.45) is 1.29. The lowest BCUT2D eigenvalue weighted by atomic mass is 9.95. The topological polar surface area (TPSA) is 57.6 Å². The average molecular weight is 295 g/mol. The van der Waals surface area contributed by atoms with Crippen molar-refractivity contribution in [2.45, 2.75) is 33.2 Å². The summed E-state index contributed by atoms with van der Waals surface area (Å²) < 4.78 is 0. The minimum absolute atomic E-state index is 0.0328. The van der Waals surface area contributed by atoms with Gasteiger partial charge in [-0.25, -0.2) is 0 Å². The summed E-state index contributed by atoms with van der Waals surface area (Å²) in [4.78, 5) is 26.6. The van der Waals surface area contributed by atoms with Gasteiger partial charge in [0.1, 0.15) is 0 Å². The third-order valence-corrected chi connectivity index (χ3v) is 5.17. The molecule has 0 radical (unpaired) electrons. The van der Waals surface area contributed by atoms with E-state index in [1.165, 1.54) is 10.4 Å². The number of carbonyl (C=O) groups excluding carboxylic acids is 1. The van der Waals surface area contributed by atoms with Crippen molar-refractivity contribution in [2.24, 2.45) is 17.8 Å². The normalized spacial score (nSPS) is 25.6. The number of nitrogens with zero attached hydrogens (tertiary/aromatic N) is 1. The highest BCUT2D eigenvalue weighted by Gasteiger charge is 2.42. The molecular weight excluding hydrogens is 274 g/mol. The van der Waals surface area contributed by atoms with Gasteiger partial charge in [0.2, 0.25) is 5.91 Å². The lowest BCUT2D eigenvalue weighted by Crippen LogP contribution is -2.36. The first-order valence-electron chi connectivity index (χ1n) is 6.91. The van der Waals surface area contributed by atoms with Crippen molar-refractivity contribution in [2.75, 3.05) is 7.05 Å². The summed E-state index contributed by atoms with van der Waals surface area (Å²) in [6, 6.07) is 2.04. The summed E-state index contributed by atoms with van der Waals surface area (Å²) >= 11 is 1.64. The SMILES string of the molecule is Cc1ccsc1CN(C)C(=O)[C@H]1CC(C)C[C@H]1C(=O)O. The van der Waals surface area contributed by atoms with Crippen molar-refractivity contribution in [1.29, 1.82) is 0 Å². The number of hydrogen-bond donors (Lipinski definition) is 1. The molecular formula is C15H21NO3S. The van der Waals surface area contributed by atoms with E-state index in [4.69, 9.17) is 0 Å². The maximum absolute atomic E-state index is 12.5. The molecule has 1 unspecified atom stereocenters. The van der Waals surface area contributed by atoms with Crippen LogP contribution in [0.5, 0.6) is 0 Å². The monoisotopic (exact) mass is 295 g/mol. The van der Waals surface area contributed by atoms with Gasteiger partial charge in [0.05, 0.1) is 18.4 Å². The quantitative estimate of drug-likeness (QED) is 0.929. The van der Waals surface area contributed by atoms with Crippen molar-refractivity contribution < 1.29 is 14.7 Å². The van der Waals surface area contributed by atoms with Gasteiger partial charge < -0.3 is 10.0 Å². The second kappa shape index (κ2) is 5.95. The number of amides is 1. The van der Waals surface area contributed by atoms with Crippen LogP contribution < -0.4 is 0 Å². The van der Waals surface area contributed by atoms with Gasteiger partial charge in [-0.05, 0) is 42.7 Å². The lowest BCUT2D eigenvalue weighted by molar-refractivity contribution is -0.148. The summed E-state index contributed by atoms with van der Waals surface area (Å²) in [5, 5.41) is 11.3. The van der Waals surface area contributed by atoms with Crippen molar-refractivity contribution in [3.63, 3.8) is 0 Å². The van der Waals surface area contributed by atoms with Gasteiger partial charge in [0.25, 0.3) is 0 Å². The van der Waals surface area contributed by atoms with E-state index in [1.807, 2.05) is 25.3 Å². The highest BCUT2D eigenvalue weighted by atomic mass is 32.1. The van der Waals surface area contributed by atoms with Gasteiger partial charge in [-0.3, -0.25) is 9.59 Å². The molecule has 5 heteroatoms. The maximum atomic E-state index is 12.5. The Morgan fingerprint density at radius 1 is 1.40 bits per heavy atom. The predicted octanol–water partition coefficient (Wildman–Crippen LogP) is 2.76. The molecule has 4 nitrogen and oxygen atoms in total. The molecule has 0 spiro atoms. The van der Waals surface area contributed by atoms with E-state index in [2.05, 4.69) is 0 Å². The van der Waals surface area contributed by atoms with Gasteiger partial charge in [-0.2, -0.15) is 0 Å². The highest BCUT2D eigenvalue weighted by Crippen LogP contribution is 2.37. The van der Waals surface area contributed by atoms with E-state index in [9.17, 15) is 14.7 Å². The number of aliphatic carboxylic acids is 1. The van der Waals surface area contributed by atoms with Crippen molar-refractivity contribution in [3.05, 3.63) is 21.9 Å². The van der Waals surface area contributed by atoms with Crippen LogP contribution in [0.25, 0.3) is 0 Å². The zero-order valence-corrected chi connectivity index (χ0v) is 12.9. The maximum Gasteiger partial charge on any atom is 0.307 e. The van der Waals surface area contributed by atoms with E-state index in [0.29, 0.717) is 25.3 Å². The number of thiophene rings is 1. The van der Waals surface area contributed by atoms with Crippen LogP contribution >= 0.6 is 11.3 Å². The number of rotatable bonds is 4. The molecule has 0 aromatic carbocycles. The largest absolute Gasteiger partial charge is 0.481 e. The molecule has 1 aromatic rings. The van der Waals surface area contributed by atoms with Gasteiger partial charge >= 0.3 is 5.97 Å². The molecule has 0 bridgehead atoms. The Kier molecular flexibility index (Phi) is 4.48. The molecule has 1 heterocycles. The van der Waals surface area contributed by atoms with Crippen LogP contribution in [0.15, 0.2) is 11.4 Å². The minimum Gasteiger partial charge on any atom is -0.481 e. The molecule has 2 rings (SSSR count). The predicted molar refractivity (Wildman–Crippen MR) is 78.5 cm³/mol. The average Bonchev–Trinajstić information content (AvgIpc) is 2.95. The summed E-state index contributed by atoms with van der Waals surface area (Å²) in [6.45, 7) is 4.62. The number of carboxylic acid groups (broad SMARTS) is 1. The first kappa shape index (κ1) is 15.0. The number of aryl methyl sites for hydroxylation is 1. The van der Waals surface area contributed by atoms with Gasteiger partial charge in [-0.15, -0.1) is 11.3 Å². The summed E-state index contributed by atoms with van der Waals surface area (Å²) in [7, 11) is 1.77. The van der Waals surface area contributed by atoms with E-state index >= 15 is 0 Å². The fourth-order valence-corrected chi connectivity index (χ4v) is 3.94.